The first-order valence-electron chi connectivity index (χ1n) is 7.71. The molecule has 1 aromatic heterocycles. The van der Waals surface area contributed by atoms with Crippen molar-refractivity contribution < 1.29 is 19.4 Å². The molecule has 126 valence electrons. The molecule has 3 aromatic rings. The van der Waals surface area contributed by atoms with E-state index in [0.29, 0.717) is 11.5 Å². The largest absolute Gasteiger partial charge is 0.496 e. The third kappa shape index (κ3) is 3.77. The Morgan fingerprint density at radius 1 is 1.08 bits per heavy atom. The van der Waals surface area contributed by atoms with Crippen molar-refractivity contribution in [3.05, 3.63) is 78.1 Å². The van der Waals surface area contributed by atoms with Crippen LogP contribution in [0.4, 0.5) is 0 Å². The zero-order valence-electron chi connectivity index (χ0n) is 13.7. The number of methoxy groups -OCH3 is 1. The molecule has 1 heterocycles. The van der Waals surface area contributed by atoms with E-state index in [1.807, 2.05) is 30.3 Å². The molecule has 0 aliphatic carbocycles. The smallest absolute Gasteiger partial charge is 0.339 e. The molecule has 3 rings (SSSR count). The normalized spacial score (nSPS) is 10.3. The van der Waals surface area contributed by atoms with Crippen LogP contribution in [0.1, 0.15) is 15.9 Å². The summed E-state index contributed by atoms with van der Waals surface area (Å²) in [6, 6.07) is 16.3. The molecule has 0 spiro atoms. The fraction of sp³-hybridized carbons (Fsp3) is 0.100. The molecule has 5 heteroatoms. The van der Waals surface area contributed by atoms with Crippen molar-refractivity contribution in [2.24, 2.45) is 0 Å². The third-order valence-electron chi connectivity index (χ3n) is 3.76. The molecule has 0 fully saturated rings. The number of hydrogen-bond donors (Lipinski definition) is 1. The third-order valence-corrected chi connectivity index (χ3v) is 3.76. The van der Waals surface area contributed by atoms with Gasteiger partial charge in [0.15, 0.2) is 0 Å². The molecule has 0 amide bonds. The van der Waals surface area contributed by atoms with Crippen molar-refractivity contribution in [1.29, 1.82) is 0 Å². The average Bonchev–Trinajstić information content (AvgIpc) is 2.66. The van der Waals surface area contributed by atoms with Gasteiger partial charge in [0.05, 0.1) is 7.11 Å². The second-order valence-corrected chi connectivity index (χ2v) is 5.37. The molecule has 1 N–H and O–H groups in total. The highest BCUT2D eigenvalue weighted by atomic mass is 16.5. The maximum Gasteiger partial charge on any atom is 0.339 e. The van der Waals surface area contributed by atoms with E-state index in [1.54, 1.807) is 37.7 Å². The number of benzene rings is 2. The molecule has 2 aromatic carbocycles. The van der Waals surface area contributed by atoms with E-state index in [9.17, 15) is 9.90 Å². The van der Waals surface area contributed by atoms with Gasteiger partial charge in [0, 0.05) is 18.0 Å². The van der Waals surface area contributed by atoms with Gasteiger partial charge in [-0.15, -0.1) is 0 Å². The van der Waals surface area contributed by atoms with Gasteiger partial charge in [0.25, 0.3) is 0 Å². The van der Waals surface area contributed by atoms with Gasteiger partial charge in [0.1, 0.15) is 23.7 Å². The van der Waals surface area contributed by atoms with Crippen LogP contribution in [-0.4, -0.2) is 23.2 Å². The SMILES string of the molecule is COc1ccncc1-c1ccc(C(=O)O)c(OCc2ccccc2)c1. The molecule has 0 bridgehead atoms. The van der Waals surface area contributed by atoms with Crippen molar-refractivity contribution in [2.75, 3.05) is 7.11 Å². The Hall–Kier alpha value is -3.34. The van der Waals surface area contributed by atoms with E-state index >= 15 is 0 Å². The van der Waals surface area contributed by atoms with Crippen molar-refractivity contribution in [3.8, 4) is 22.6 Å². The van der Waals surface area contributed by atoms with Crippen LogP contribution >= 0.6 is 0 Å². The van der Waals surface area contributed by atoms with Crippen LogP contribution in [0.5, 0.6) is 11.5 Å². The number of carbonyl (C=O) groups is 1. The topological polar surface area (TPSA) is 68.7 Å². The van der Waals surface area contributed by atoms with Gasteiger partial charge in [-0.25, -0.2) is 4.79 Å². The Labute approximate surface area is 145 Å². The lowest BCUT2D eigenvalue weighted by molar-refractivity contribution is 0.0692. The van der Waals surface area contributed by atoms with Crippen molar-refractivity contribution in [2.45, 2.75) is 6.61 Å². The average molecular weight is 335 g/mol. The highest BCUT2D eigenvalue weighted by Crippen LogP contribution is 2.33. The number of rotatable bonds is 6. The van der Waals surface area contributed by atoms with Crippen LogP contribution in [-0.2, 0) is 6.61 Å². The minimum Gasteiger partial charge on any atom is -0.496 e. The highest BCUT2D eigenvalue weighted by Gasteiger charge is 2.15. The standard InChI is InChI=1S/C20H17NO4/c1-24-18-9-10-21-12-17(18)15-7-8-16(20(22)23)19(11-15)25-13-14-5-3-2-4-6-14/h2-12H,13H2,1H3,(H,22,23). The van der Waals surface area contributed by atoms with Crippen molar-refractivity contribution in [3.63, 3.8) is 0 Å². The summed E-state index contributed by atoms with van der Waals surface area (Å²) in [5, 5.41) is 9.41. The molecule has 0 saturated carbocycles. The van der Waals surface area contributed by atoms with Gasteiger partial charge in [-0.05, 0) is 29.3 Å². The second-order valence-electron chi connectivity index (χ2n) is 5.37. The number of nitrogens with zero attached hydrogens (tertiary/aromatic N) is 1. The van der Waals surface area contributed by atoms with E-state index in [1.165, 1.54) is 6.07 Å². The van der Waals surface area contributed by atoms with Crippen LogP contribution in [0, 0.1) is 0 Å². The lowest BCUT2D eigenvalue weighted by Crippen LogP contribution is -2.04. The molecule has 25 heavy (non-hydrogen) atoms. The Kier molecular flexibility index (Phi) is 4.95. The number of aromatic carboxylic acids is 1. The summed E-state index contributed by atoms with van der Waals surface area (Å²) >= 11 is 0. The highest BCUT2D eigenvalue weighted by molar-refractivity contribution is 5.92. The molecular formula is C20H17NO4. The van der Waals surface area contributed by atoms with E-state index in [4.69, 9.17) is 9.47 Å². The molecule has 0 atom stereocenters. The first-order valence-corrected chi connectivity index (χ1v) is 7.71. The summed E-state index contributed by atoms with van der Waals surface area (Å²) in [5.41, 5.74) is 2.62. The summed E-state index contributed by atoms with van der Waals surface area (Å²) in [5.74, 6) is -0.0698. The quantitative estimate of drug-likeness (QED) is 0.736. The Balaban J connectivity index is 1.96. The number of carboxylic acids is 1. The number of aromatic nitrogens is 1. The maximum atomic E-state index is 11.5. The van der Waals surface area contributed by atoms with E-state index in [2.05, 4.69) is 4.98 Å². The van der Waals surface area contributed by atoms with Crippen LogP contribution < -0.4 is 9.47 Å². The fourth-order valence-electron chi connectivity index (χ4n) is 2.50. The molecular weight excluding hydrogens is 318 g/mol. The summed E-state index contributed by atoms with van der Waals surface area (Å²) < 4.78 is 11.1. The summed E-state index contributed by atoms with van der Waals surface area (Å²) in [6.45, 7) is 0.286. The fourth-order valence-corrected chi connectivity index (χ4v) is 2.50. The minimum absolute atomic E-state index is 0.113. The van der Waals surface area contributed by atoms with Crippen LogP contribution in [0.25, 0.3) is 11.1 Å². The predicted molar refractivity (Wildman–Crippen MR) is 94.0 cm³/mol. The number of carboxylic acid groups (broad SMARTS) is 1. The lowest BCUT2D eigenvalue weighted by Gasteiger charge is -2.13. The van der Waals surface area contributed by atoms with Crippen molar-refractivity contribution in [1.82, 2.24) is 4.98 Å². The molecule has 0 unspecified atom stereocenters. The minimum atomic E-state index is -1.03. The zero-order chi connectivity index (χ0) is 17.6. The Morgan fingerprint density at radius 2 is 1.88 bits per heavy atom. The first-order chi connectivity index (χ1) is 12.2. The summed E-state index contributed by atoms with van der Waals surface area (Å²) in [7, 11) is 1.58. The van der Waals surface area contributed by atoms with Crippen LogP contribution in [0.15, 0.2) is 67.0 Å². The first kappa shape index (κ1) is 16.5. The summed E-state index contributed by atoms with van der Waals surface area (Å²) in [4.78, 5) is 15.6. The van der Waals surface area contributed by atoms with Gasteiger partial charge >= 0.3 is 5.97 Å². The van der Waals surface area contributed by atoms with E-state index < -0.39 is 5.97 Å². The van der Waals surface area contributed by atoms with Gasteiger partial charge in [0.2, 0.25) is 0 Å². The lowest BCUT2D eigenvalue weighted by atomic mass is 10.0. The molecule has 0 aliphatic heterocycles. The van der Waals surface area contributed by atoms with Gasteiger partial charge < -0.3 is 14.6 Å². The number of hydrogen-bond acceptors (Lipinski definition) is 4. The maximum absolute atomic E-state index is 11.5. The van der Waals surface area contributed by atoms with Crippen LogP contribution in [0.3, 0.4) is 0 Å². The molecule has 0 aliphatic rings. The van der Waals surface area contributed by atoms with E-state index in [0.717, 1.165) is 16.7 Å². The number of ether oxygens (including phenoxy) is 2. The predicted octanol–water partition coefficient (Wildman–Crippen LogP) is 4.03. The molecule has 0 radical (unpaired) electrons. The Morgan fingerprint density at radius 3 is 2.60 bits per heavy atom. The second kappa shape index (κ2) is 7.49. The van der Waals surface area contributed by atoms with E-state index in [-0.39, 0.29) is 12.2 Å². The summed E-state index contributed by atoms with van der Waals surface area (Å²) in [6.07, 6.45) is 3.32. The monoisotopic (exact) mass is 335 g/mol. The van der Waals surface area contributed by atoms with Gasteiger partial charge in [-0.1, -0.05) is 36.4 Å². The molecule has 0 saturated heterocycles. The zero-order valence-corrected chi connectivity index (χ0v) is 13.7. The Bertz CT molecular complexity index is 878. The van der Waals surface area contributed by atoms with Crippen LogP contribution in [0.2, 0.25) is 0 Å². The van der Waals surface area contributed by atoms with Gasteiger partial charge in [-0.2, -0.15) is 0 Å². The van der Waals surface area contributed by atoms with Crippen molar-refractivity contribution >= 4 is 5.97 Å². The number of pyridine rings is 1. The van der Waals surface area contributed by atoms with Gasteiger partial charge in [-0.3, -0.25) is 4.98 Å². The molecule has 5 nitrogen and oxygen atoms in total.